The Bertz CT molecular complexity index is 548. The Labute approximate surface area is 122 Å². The van der Waals surface area contributed by atoms with E-state index in [0.29, 0.717) is 19.4 Å². The molecule has 3 atom stereocenters. The van der Waals surface area contributed by atoms with Crippen molar-refractivity contribution in [3.8, 4) is 0 Å². The highest BCUT2D eigenvalue weighted by Gasteiger charge is 2.48. The Hall–Kier alpha value is -2.08. The molecule has 2 aliphatic heterocycles. The van der Waals surface area contributed by atoms with Crippen molar-refractivity contribution in [3.63, 3.8) is 0 Å². The van der Waals surface area contributed by atoms with Crippen molar-refractivity contribution in [1.82, 2.24) is 9.96 Å². The van der Waals surface area contributed by atoms with E-state index in [1.807, 2.05) is 37.3 Å². The molecule has 6 heteroatoms. The number of hydroxylamine groups is 2. The van der Waals surface area contributed by atoms with E-state index in [1.165, 1.54) is 9.96 Å². The van der Waals surface area contributed by atoms with Gasteiger partial charge in [-0.1, -0.05) is 30.3 Å². The second-order valence-corrected chi connectivity index (χ2v) is 5.50. The molecule has 0 radical (unpaired) electrons. The average molecular weight is 290 g/mol. The first-order valence-corrected chi connectivity index (χ1v) is 7.12. The maximum absolute atomic E-state index is 12.3. The fourth-order valence-electron chi connectivity index (χ4n) is 2.98. The molecule has 2 saturated heterocycles. The molecule has 2 amide bonds. The van der Waals surface area contributed by atoms with Crippen LogP contribution in [-0.4, -0.2) is 45.7 Å². The van der Waals surface area contributed by atoms with Crippen molar-refractivity contribution in [2.24, 2.45) is 0 Å². The maximum Gasteiger partial charge on any atom is 0.345 e. The normalized spacial score (nSPS) is 26.0. The molecule has 1 aromatic carbocycles. The van der Waals surface area contributed by atoms with Crippen molar-refractivity contribution in [2.45, 2.75) is 38.0 Å². The van der Waals surface area contributed by atoms with E-state index < -0.39 is 12.0 Å². The largest absolute Gasteiger partial charge is 0.480 e. The number of piperidine rings is 1. The molecule has 21 heavy (non-hydrogen) atoms. The summed E-state index contributed by atoms with van der Waals surface area (Å²) in [5.74, 6) is -0.945. The summed E-state index contributed by atoms with van der Waals surface area (Å²) in [5.41, 5.74) is 0.983. The predicted octanol–water partition coefficient (Wildman–Crippen LogP) is 2.03. The van der Waals surface area contributed by atoms with Crippen molar-refractivity contribution in [2.75, 3.05) is 6.54 Å². The van der Waals surface area contributed by atoms with Gasteiger partial charge in [0.05, 0.1) is 6.04 Å². The average Bonchev–Trinajstić information content (AvgIpc) is 2.73. The molecular weight excluding hydrogens is 272 g/mol. The van der Waals surface area contributed by atoms with Gasteiger partial charge in [-0.15, -0.1) is 0 Å². The van der Waals surface area contributed by atoms with E-state index in [4.69, 9.17) is 9.94 Å². The number of hydrogen-bond acceptors (Lipinski definition) is 3. The third-order valence-electron chi connectivity index (χ3n) is 4.15. The lowest BCUT2D eigenvalue weighted by molar-refractivity contribution is -0.168. The second-order valence-electron chi connectivity index (χ2n) is 5.50. The lowest BCUT2D eigenvalue weighted by atomic mass is 10.0. The molecule has 112 valence electrons. The van der Waals surface area contributed by atoms with Gasteiger partial charge in [0, 0.05) is 6.54 Å². The van der Waals surface area contributed by atoms with Crippen LogP contribution < -0.4 is 0 Å². The van der Waals surface area contributed by atoms with Crippen molar-refractivity contribution >= 4 is 12.0 Å². The first kappa shape index (κ1) is 13.9. The number of aliphatic carboxylic acids is 1. The molecule has 0 aromatic heterocycles. The van der Waals surface area contributed by atoms with Crippen LogP contribution in [0.25, 0.3) is 0 Å². The van der Waals surface area contributed by atoms with Crippen LogP contribution in [0.3, 0.4) is 0 Å². The maximum atomic E-state index is 12.3. The molecule has 6 nitrogen and oxygen atoms in total. The van der Waals surface area contributed by atoms with Gasteiger partial charge in [0.15, 0.2) is 0 Å². The van der Waals surface area contributed by atoms with Crippen LogP contribution in [0.4, 0.5) is 4.79 Å². The molecule has 0 spiro atoms. The Kier molecular flexibility index (Phi) is 3.55. The molecule has 1 N–H and O–H groups in total. The number of hydrogen-bond donors (Lipinski definition) is 1. The first-order valence-electron chi connectivity index (χ1n) is 7.12. The lowest BCUT2D eigenvalue weighted by Crippen LogP contribution is -2.44. The standard InChI is InChI=1S/C15H18N2O4/c1-10(11-5-3-2-4-6-11)21-17-12-7-8-13(14(18)19)16(9-12)15(17)20/h2-6,10,12-13H,7-9H2,1H3,(H,18,19)/t10?,12?,13-/m1/s1. The summed E-state index contributed by atoms with van der Waals surface area (Å²) in [5, 5.41) is 10.5. The number of urea groups is 1. The highest BCUT2D eigenvalue weighted by molar-refractivity contribution is 5.84. The lowest BCUT2D eigenvalue weighted by Gasteiger charge is -2.27. The van der Waals surface area contributed by atoms with Crippen molar-refractivity contribution in [3.05, 3.63) is 35.9 Å². The Morgan fingerprint density at radius 2 is 2.05 bits per heavy atom. The van der Waals surface area contributed by atoms with E-state index in [9.17, 15) is 9.59 Å². The van der Waals surface area contributed by atoms with Gasteiger partial charge in [0.1, 0.15) is 12.1 Å². The quantitative estimate of drug-likeness (QED) is 0.921. The summed E-state index contributed by atoms with van der Waals surface area (Å²) < 4.78 is 0. The number of rotatable bonds is 4. The summed E-state index contributed by atoms with van der Waals surface area (Å²) in [7, 11) is 0. The number of carbonyl (C=O) groups is 2. The van der Waals surface area contributed by atoms with E-state index >= 15 is 0 Å². The number of carboxylic acids is 1. The van der Waals surface area contributed by atoms with Crippen molar-refractivity contribution < 1.29 is 19.5 Å². The fourth-order valence-corrected chi connectivity index (χ4v) is 2.98. The van der Waals surface area contributed by atoms with Gasteiger partial charge in [0.2, 0.25) is 0 Å². The fraction of sp³-hybridized carbons (Fsp3) is 0.467. The van der Waals surface area contributed by atoms with Gasteiger partial charge < -0.3 is 10.0 Å². The van der Waals surface area contributed by atoms with Crippen LogP contribution in [0.2, 0.25) is 0 Å². The van der Waals surface area contributed by atoms with E-state index in [2.05, 4.69) is 0 Å². The highest BCUT2D eigenvalue weighted by atomic mass is 16.7. The zero-order valence-corrected chi connectivity index (χ0v) is 11.8. The molecule has 0 saturated carbocycles. The Balaban J connectivity index is 1.73. The third-order valence-corrected chi connectivity index (χ3v) is 4.15. The zero-order chi connectivity index (χ0) is 15.0. The summed E-state index contributed by atoms with van der Waals surface area (Å²) in [6.45, 7) is 2.31. The number of fused-ring (bicyclic) bond motifs is 2. The molecule has 2 fully saturated rings. The number of nitrogens with zero attached hydrogens (tertiary/aromatic N) is 2. The number of benzene rings is 1. The molecular formula is C15H18N2O4. The molecule has 2 bridgehead atoms. The van der Waals surface area contributed by atoms with Crippen LogP contribution in [0, 0.1) is 0 Å². The Morgan fingerprint density at radius 1 is 1.33 bits per heavy atom. The molecule has 2 unspecified atom stereocenters. The molecule has 3 rings (SSSR count). The van der Waals surface area contributed by atoms with E-state index in [1.54, 1.807) is 0 Å². The van der Waals surface area contributed by atoms with E-state index in [-0.39, 0.29) is 18.2 Å². The molecule has 2 heterocycles. The number of carboxylic acid groups (broad SMARTS) is 1. The van der Waals surface area contributed by atoms with E-state index in [0.717, 1.165) is 5.56 Å². The van der Waals surface area contributed by atoms with Gasteiger partial charge in [-0.2, -0.15) is 5.06 Å². The summed E-state index contributed by atoms with van der Waals surface area (Å²) in [4.78, 5) is 30.7. The topological polar surface area (TPSA) is 70.1 Å². The molecule has 2 aliphatic rings. The predicted molar refractivity (Wildman–Crippen MR) is 74.3 cm³/mol. The van der Waals surface area contributed by atoms with Gasteiger partial charge >= 0.3 is 12.0 Å². The van der Waals surface area contributed by atoms with Crippen LogP contribution in [0.15, 0.2) is 30.3 Å². The SMILES string of the molecule is CC(ON1C(=O)N2CC1CC[C@@H]2C(=O)O)c1ccccc1. The van der Waals surface area contributed by atoms with Crippen LogP contribution >= 0.6 is 0 Å². The van der Waals surface area contributed by atoms with Gasteiger partial charge in [0.25, 0.3) is 0 Å². The summed E-state index contributed by atoms with van der Waals surface area (Å²) in [6.07, 6.45) is 0.880. The summed E-state index contributed by atoms with van der Waals surface area (Å²) in [6, 6.07) is 8.52. The minimum atomic E-state index is -0.945. The summed E-state index contributed by atoms with van der Waals surface area (Å²) >= 11 is 0. The highest BCUT2D eigenvalue weighted by Crippen LogP contribution is 2.32. The monoisotopic (exact) mass is 290 g/mol. The number of carbonyl (C=O) groups excluding carboxylic acids is 1. The van der Waals surface area contributed by atoms with Gasteiger partial charge in [-0.25, -0.2) is 9.59 Å². The number of amides is 2. The molecule has 0 aliphatic carbocycles. The smallest absolute Gasteiger partial charge is 0.345 e. The van der Waals surface area contributed by atoms with Crippen LogP contribution in [-0.2, 0) is 9.63 Å². The zero-order valence-electron chi connectivity index (χ0n) is 11.8. The Morgan fingerprint density at radius 3 is 2.71 bits per heavy atom. The third kappa shape index (κ3) is 2.47. The van der Waals surface area contributed by atoms with Gasteiger partial charge in [-0.05, 0) is 25.3 Å². The van der Waals surface area contributed by atoms with Crippen LogP contribution in [0.1, 0.15) is 31.4 Å². The second kappa shape index (κ2) is 5.37. The minimum absolute atomic E-state index is 0.0562. The van der Waals surface area contributed by atoms with Crippen molar-refractivity contribution in [1.29, 1.82) is 0 Å². The minimum Gasteiger partial charge on any atom is -0.480 e. The first-order chi connectivity index (χ1) is 10.1. The van der Waals surface area contributed by atoms with Crippen LogP contribution in [0.5, 0.6) is 0 Å². The molecule has 1 aromatic rings. The van der Waals surface area contributed by atoms with Gasteiger partial charge in [-0.3, -0.25) is 4.84 Å².